The molecule has 0 bridgehead atoms. The molecule has 0 radical (unpaired) electrons. The Labute approximate surface area is 165 Å². The third kappa shape index (κ3) is 3.96. The molecule has 2 aromatic rings. The lowest BCUT2D eigenvalue weighted by molar-refractivity contribution is 0.0387. The second-order valence-corrected chi connectivity index (χ2v) is 7.01. The van der Waals surface area contributed by atoms with Gasteiger partial charge in [0.15, 0.2) is 0 Å². The van der Waals surface area contributed by atoms with E-state index in [1.165, 1.54) is 7.11 Å². The van der Waals surface area contributed by atoms with Crippen molar-refractivity contribution in [3.63, 3.8) is 0 Å². The van der Waals surface area contributed by atoms with Gasteiger partial charge in [0.05, 0.1) is 25.9 Å². The van der Waals surface area contributed by atoms with E-state index in [1.807, 2.05) is 24.3 Å². The van der Waals surface area contributed by atoms with Crippen LogP contribution in [0.1, 0.15) is 33.5 Å². The maximum atomic E-state index is 12.1. The Morgan fingerprint density at radius 2 is 1.96 bits per heavy atom. The number of benzene rings is 2. The number of carbonyl (C=O) groups is 1. The maximum Gasteiger partial charge on any atom is 0.337 e. The van der Waals surface area contributed by atoms with Gasteiger partial charge in [-0.15, -0.1) is 0 Å². The molecule has 0 N–H and O–H groups in total. The Balaban J connectivity index is 1.69. The molecule has 2 aliphatic heterocycles. The van der Waals surface area contributed by atoms with E-state index in [-0.39, 0.29) is 5.97 Å². The highest BCUT2D eigenvalue weighted by Gasteiger charge is 2.21. The molecule has 28 heavy (non-hydrogen) atoms. The molecule has 5 nitrogen and oxygen atoms in total. The molecule has 0 unspecified atom stereocenters. The zero-order valence-electron chi connectivity index (χ0n) is 16.1. The van der Waals surface area contributed by atoms with Gasteiger partial charge in [0, 0.05) is 25.2 Å². The summed E-state index contributed by atoms with van der Waals surface area (Å²) in [4.78, 5) is 14.5. The van der Waals surface area contributed by atoms with E-state index in [9.17, 15) is 4.79 Å². The van der Waals surface area contributed by atoms with Crippen LogP contribution in [0, 0.1) is 0 Å². The van der Waals surface area contributed by atoms with Crippen molar-refractivity contribution < 1.29 is 19.0 Å². The molecule has 1 saturated heterocycles. The van der Waals surface area contributed by atoms with E-state index in [4.69, 9.17) is 14.2 Å². The summed E-state index contributed by atoms with van der Waals surface area (Å²) in [5, 5.41) is 0. The number of esters is 1. The number of hydrogen-bond acceptors (Lipinski definition) is 5. The predicted molar refractivity (Wildman–Crippen MR) is 108 cm³/mol. The van der Waals surface area contributed by atoms with Gasteiger partial charge in [0.25, 0.3) is 0 Å². The van der Waals surface area contributed by atoms with Crippen molar-refractivity contribution >= 4 is 11.5 Å². The number of carbonyl (C=O) groups excluding carboxylic acids is 1. The fourth-order valence-corrected chi connectivity index (χ4v) is 3.76. The van der Waals surface area contributed by atoms with Gasteiger partial charge in [-0.1, -0.05) is 30.3 Å². The molecular formula is C23H25NO4. The lowest BCUT2D eigenvalue weighted by Crippen LogP contribution is -2.36. The van der Waals surface area contributed by atoms with Gasteiger partial charge in [0.1, 0.15) is 12.4 Å². The van der Waals surface area contributed by atoms with Crippen LogP contribution in [0.5, 0.6) is 5.75 Å². The van der Waals surface area contributed by atoms with Crippen LogP contribution in [-0.4, -0.2) is 50.8 Å². The van der Waals surface area contributed by atoms with Gasteiger partial charge in [-0.3, -0.25) is 4.90 Å². The van der Waals surface area contributed by atoms with E-state index in [1.54, 1.807) is 6.07 Å². The molecule has 2 aliphatic rings. The molecular weight excluding hydrogens is 354 g/mol. The second-order valence-electron chi connectivity index (χ2n) is 7.01. The van der Waals surface area contributed by atoms with Gasteiger partial charge in [0.2, 0.25) is 0 Å². The Kier molecular flexibility index (Phi) is 5.74. The predicted octanol–water partition coefficient (Wildman–Crippen LogP) is 3.52. The van der Waals surface area contributed by atoms with Gasteiger partial charge < -0.3 is 14.2 Å². The minimum absolute atomic E-state index is 0.340. The summed E-state index contributed by atoms with van der Waals surface area (Å²) in [6, 6.07) is 13.8. The van der Waals surface area contributed by atoms with E-state index < -0.39 is 0 Å². The van der Waals surface area contributed by atoms with Gasteiger partial charge in [-0.25, -0.2) is 4.79 Å². The number of ether oxygens (including phenoxy) is 3. The van der Waals surface area contributed by atoms with Crippen molar-refractivity contribution in [2.75, 3.05) is 40.0 Å². The molecule has 0 aliphatic carbocycles. The number of hydrogen-bond donors (Lipinski definition) is 0. The number of methoxy groups -OCH3 is 1. The molecule has 146 valence electrons. The minimum atomic E-state index is -0.340. The van der Waals surface area contributed by atoms with Crippen molar-refractivity contribution in [2.24, 2.45) is 0 Å². The number of morpholine rings is 1. The van der Waals surface area contributed by atoms with Crippen LogP contribution in [0.4, 0.5) is 0 Å². The highest BCUT2D eigenvalue weighted by Crippen LogP contribution is 2.37. The summed E-state index contributed by atoms with van der Waals surface area (Å²) < 4.78 is 16.4. The van der Waals surface area contributed by atoms with Crippen molar-refractivity contribution in [2.45, 2.75) is 13.0 Å². The second kappa shape index (κ2) is 8.59. The molecule has 0 atom stereocenters. The van der Waals surface area contributed by atoms with Gasteiger partial charge in [-0.05, 0) is 41.3 Å². The van der Waals surface area contributed by atoms with Crippen LogP contribution in [0.3, 0.4) is 0 Å². The lowest BCUT2D eigenvalue weighted by atomic mass is 9.92. The first-order valence-electron chi connectivity index (χ1n) is 9.70. The first kappa shape index (κ1) is 18.7. The third-order valence-electron chi connectivity index (χ3n) is 5.28. The summed E-state index contributed by atoms with van der Waals surface area (Å²) >= 11 is 0. The van der Waals surface area contributed by atoms with Crippen LogP contribution in [0.2, 0.25) is 0 Å². The van der Waals surface area contributed by atoms with Crippen LogP contribution in [-0.2, 0) is 16.1 Å². The standard InChI is InChI=1S/C23H25NO4/c1-26-23(25)17-8-9-22-21(15-17)20(7-4-10-24-11-13-27-14-12-24)19-6-3-2-5-18(19)16-28-22/h2-3,5-9,15H,4,10-14,16H2,1H3. The monoisotopic (exact) mass is 379 g/mol. The van der Waals surface area contributed by atoms with Crippen molar-refractivity contribution in [1.82, 2.24) is 4.90 Å². The first-order valence-corrected chi connectivity index (χ1v) is 9.70. The summed E-state index contributed by atoms with van der Waals surface area (Å²) in [6.07, 6.45) is 3.19. The van der Waals surface area contributed by atoms with Crippen LogP contribution < -0.4 is 4.74 Å². The van der Waals surface area contributed by atoms with E-state index in [2.05, 4.69) is 23.1 Å². The summed E-state index contributed by atoms with van der Waals surface area (Å²) in [5.41, 5.74) is 4.89. The molecule has 0 aromatic heterocycles. The zero-order chi connectivity index (χ0) is 19.3. The van der Waals surface area contributed by atoms with E-state index in [0.29, 0.717) is 12.2 Å². The van der Waals surface area contributed by atoms with E-state index >= 15 is 0 Å². The topological polar surface area (TPSA) is 48.0 Å². The molecule has 4 rings (SSSR count). The molecule has 2 heterocycles. The van der Waals surface area contributed by atoms with Gasteiger partial charge >= 0.3 is 5.97 Å². The van der Waals surface area contributed by atoms with Crippen LogP contribution in [0.25, 0.3) is 5.57 Å². The highest BCUT2D eigenvalue weighted by molar-refractivity contribution is 5.93. The fourth-order valence-electron chi connectivity index (χ4n) is 3.76. The Morgan fingerprint density at radius 1 is 1.14 bits per heavy atom. The average molecular weight is 379 g/mol. The van der Waals surface area contributed by atoms with Gasteiger partial charge in [-0.2, -0.15) is 0 Å². The highest BCUT2D eigenvalue weighted by atomic mass is 16.5. The van der Waals surface area contributed by atoms with Crippen LogP contribution in [0.15, 0.2) is 48.5 Å². The largest absolute Gasteiger partial charge is 0.488 e. The first-order chi connectivity index (χ1) is 13.8. The zero-order valence-corrected chi connectivity index (χ0v) is 16.1. The van der Waals surface area contributed by atoms with Crippen LogP contribution >= 0.6 is 0 Å². The lowest BCUT2D eigenvalue weighted by Gasteiger charge is -2.26. The Bertz CT molecular complexity index is 884. The molecule has 0 spiro atoms. The molecule has 2 aromatic carbocycles. The number of fused-ring (bicyclic) bond motifs is 2. The molecule has 0 saturated carbocycles. The average Bonchev–Trinajstić information content (AvgIpc) is 2.91. The maximum absolute atomic E-state index is 12.1. The van der Waals surface area contributed by atoms with Crippen molar-refractivity contribution in [3.8, 4) is 5.75 Å². The summed E-state index contributed by atoms with van der Waals surface area (Å²) in [6.45, 7) is 5.07. The molecule has 0 amide bonds. The number of nitrogens with zero attached hydrogens (tertiary/aromatic N) is 1. The van der Waals surface area contributed by atoms with E-state index in [0.717, 1.165) is 67.3 Å². The summed E-state index contributed by atoms with van der Waals surface area (Å²) in [7, 11) is 1.40. The SMILES string of the molecule is COC(=O)c1ccc2c(c1)C(=CCCN1CCOCC1)c1ccccc1CO2. The number of rotatable bonds is 4. The minimum Gasteiger partial charge on any atom is -0.488 e. The van der Waals surface area contributed by atoms with Crippen molar-refractivity contribution in [3.05, 3.63) is 70.8 Å². The third-order valence-corrected chi connectivity index (χ3v) is 5.28. The Morgan fingerprint density at radius 3 is 2.79 bits per heavy atom. The summed E-state index contributed by atoms with van der Waals surface area (Å²) in [5.74, 6) is 0.453. The Hall–Kier alpha value is -2.63. The smallest absolute Gasteiger partial charge is 0.337 e. The quantitative estimate of drug-likeness (QED) is 0.761. The molecule has 1 fully saturated rings. The van der Waals surface area contributed by atoms with Crippen molar-refractivity contribution in [1.29, 1.82) is 0 Å². The molecule has 5 heteroatoms. The fraction of sp³-hybridized carbons (Fsp3) is 0.348. The normalized spacial score (nSPS) is 18.0.